The Bertz CT molecular complexity index is 1370. The zero-order valence-electron chi connectivity index (χ0n) is 20.8. The summed E-state index contributed by atoms with van der Waals surface area (Å²) in [6, 6.07) is 7.57. The fourth-order valence-corrected chi connectivity index (χ4v) is 5.96. The molecule has 3 fully saturated rings. The van der Waals surface area contributed by atoms with Gasteiger partial charge in [-0.25, -0.2) is 8.78 Å². The van der Waals surface area contributed by atoms with Crippen molar-refractivity contribution in [3.63, 3.8) is 0 Å². The van der Waals surface area contributed by atoms with Gasteiger partial charge in [0.15, 0.2) is 13.2 Å². The number of amides is 2. The fourth-order valence-electron chi connectivity index (χ4n) is 5.05. The lowest BCUT2D eigenvalue weighted by Crippen LogP contribution is -2.71. The molecule has 2 N–H and O–H groups in total. The highest BCUT2D eigenvalue weighted by Crippen LogP contribution is 2.48. The van der Waals surface area contributed by atoms with E-state index in [-0.39, 0.29) is 28.0 Å². The van der Waals surface area contributed by atoms with Gasteiger partial charge in [-0.3, -0.25) is 13.8 Å². The lowest BCUT2D eigenvalue weighted by Gasteiger charge is -2.57. The number of halogens is 4. The van der Waals surface area contributed by atoms with Gasteiger partial charge < -0.3 is 20.1 Å². The maximum atomic E-state index is 13.7. The third-order valence-corrected chi connectivity index (χ3v) is 8.09. The van der Waals surface area contributed by atoms with E-state index in [0.717, 1.165) is 18.4 Å². The Labute approximate surface area is 234 Å². The molecule has 2 amide bonds. The molecule has 0 aliphatic heterocycles. The summed E-state index contributed by atoms with van der Waals surface area (Å²) in [5, 5.41) is 5.61. The van der Waals surface area contributed by atoms with Crippen LogP contribution in [0, 0.1) is 11.6 Å². The highest BCUT2D eigenvalue weighted by Gasteiger charge is 2.57. The Balaban J connectivity index is 1.39. The summed E-state index contributed by atoms with van der Waals surface area (Å²) in [7, 11) is -3.91. The molecule has 14 heteroatoms. The van der Waals surface area contributed by atoms with Crippen molar-refractivity contribution < 1.29 is 40.4 Å². The summed E-state index contributed by atoms with van der Waals surface area (Å²) in [5.41, 5.74) is -1.80. The molecule has 3 aliphatic rings. The normalized spacial score (nSPS) is 24.2. The number of rotatable bonds is 10. The van der Waals surface area contributed by atoms with E-state index in [0.29, 0.717) is 25.7 Å². The minimum atomic E-state index is -3.91. The average molecular weight is 607 g/mol. The maximum Gasteiger partial charge on any atom is 0.264 e. The van der Waals surface area contributed by atoms with Crippen LogP contribution in [0.4, 0.5) is 8.78 Å². The van der Waals surface area contributed by atoms with E-state index in [1.807, 2.05) is 0 Å². The standard InChI is InChI=1S/C25H26Cl2F2N2O7S/c1-39(34,35)38-21-12-24(30-22(32)13-36-15-2-4-17(26)19(28)10-15)6-8-25(21,9-7-24)31-23(33)14-37-16-3-5-18(27)20(29)11-16/h2-5,10-11,21H,6-9,12-14H2,1H3,(H,30,32)(H,31,33)/t21-,24?,25?/m1/s1. The zero-order valence-corrected chi connectivity index (χ0v) is 23.1. The first-order chi connectivity index (χ1) is 18.3. The van der Waals surface area contributed by atoms with Crippen LogP contribution >= 0.6 is 23.2 Å². The molecule has 9 nitrogen and oxygen atoms in total. The van der Waals surface area contributed by atoms with Crippen LogP contribution in [0.1, 0.15) is 32.1 Å². The van der Waals surface area contributed by atoms with Crippen molar-refractivity contribution in [1.82, 2.24) is 10.6 Å². The molecule has 0 spiro atoms. The molecule has 3 aliphatic carbocycles. The van der Waals surface area contributed by atoms with Crippen LogP contribution in [-0.2, 0) is 23.9 Å². The van der Waals surface area contributed by atoms with Crippen molar-refractivity contribution in [2.45, 2.75) is 49.3 Å². The third-order valence-electron chi connectivity index (χ3n) is 6.90. The van der Waals surface area contributed by atoms with Crippen LogP contribution in [0.15, 0.2) is 36.4 Å². The molecule has 212 valence electrons. The number of ether oxygens (including phenoxy) is 2. The average Bonchev–Trinajstić information content (AvgIpc) is 2.85. The largest absolute Gasteiger partial charge is 0.484 e. The number of carbonyl (C=O) groups is 2. The molecule has 3 saturated carbocycles. The van der Waals surface area contributed by atoms with Gasteiger partial charge in [0.25, 0.3) is 21.9 Å². The van der Waals surface area contributed by atoms with E-state index >= 15 is 0 Å². The highest BCUT2D eigenvalue weighted by atomic mass is 35.5. The summed E-state index contributed by atoms with van der Waals surface area (Å²) in [6.07, 6.45) is 1.57. The first-order valence-corrected chi connectivity index (χ1v) is 14.5. The van der Waals surface area contributed by atoms with Crippen molar-refractivity contribution in [2.24, 2.45) is 0 Å². The smallest absolute Gasteiger partial charge is 0.264 e. The van der Waals surface area contributed by atoms with Gasteiger partial charge in [0.1, 0.15) is 29.2 Å². The van der Waals surface area contributed by atoms with Gasteiger partial charge in [-0.1, -0.05) is 23.2 Å². The van der Waals surface area contributed by atoms with Crippen molar-refractivity contribution in [2.75, 3.05) is 19.5 Å². The third kappa shape index (κ3) is 7.30. The number of hydrogen-bond acceptors (Lipinski definition) is 7. The predicted molar refractivity (Wildman–Crippen MR) is 138 cm³/mol. The van der Waals surface area contributed by atoms with Crippen LogP contribution in [0.25, 0.3) is 0 Å². The number of nitrogens with one attached hydrogen (secondary N) is 2. The van der Waals surface area contributed by atoms with Crippen LogP contribution in [0.5, 0.6) is 11.5 Å². The zero-order chi connectivity index (χ0) is 28.4. The van der Waals surface area contributed by atoms with E-state index < -0.39 is 64.0 Å². The van der Waals surface area contributed by atoms with Gasteiger partial charge in [-0.2, -0.15) is 8.42 Å². The number of carbonyl (C=O) groups excluding carboxylic acids is 2. The predicted octanol–water partition coefficient (Wildman–Crippen LogP) is 3.76. The molecule has 0 aromatic heterocycles. The maximum absolute atomic E-state index is 13.7. The summed E-state index contributed by atoms with van der Waals surface area (Å²) in [4.78, 5) is 25.5. The highest BCUT2D eigenvalue weighted by molar-refractivity contribution is 7.86. The topological polar surface area (TPSA) is 120 Å². The summed E-state index contributed by atoms with van der Waals surface area (Å²) >= 11 is 11.3. The Kier molecular flexibility index (Phi) is 8.60. The fraction of sp³-hybridized carbons (Fsp3) is 0.440. The van der Waals surface area contributed by atoms with Crippen molar-refractivity contribution in [1.29, 1.82) is 0 Å². The second-order valence-electron chi connectivity index (χ2n) is 9.76. The Hall–Kier alpha value is -2.67. The molecule has 2 aromatic rings. The second-order valence-corrected chi connectivity index (χ2v) is 12.2. The van der Waals surface area contributed by atoms with E-state index in [2.05, 4.69) is 10.6 Å². The van der Waals surface area contributed by atoms with E-state index in [1.165, 1.54) is 24.3 Å². The van der Waals surface area contributed by atoms with Crippen LogP contribution in [0.2, 0.25) is 10.0 Å². The summed E-state index contributed by atoms with van der Waals surface area (Å²) in [6.45, 7) is -0.843. The molecule has 0 radical (unpaired) electrons. The first-order valence-electron chi connectivity index (χ1n) is 11.9. The Morgan fingerprint density at radius 1 is 0.897 bits per heavy atom. The van der Waals surface area contributed by atoms with Gasteiger partial charge in [0.2, 0.25) is 0 Å². The molecule has 5 rings (SSSR count). The first kappa shape index (κ1) is 29.3. The molecule has 2 aromatic carbocycles. The lowest BCUT2D eigenvalue weighted by atomic mass is 9.60. The summed E-state index contributed by atoms with van der Waals surface area (Å²) in [5.74, 6) is -2.18. The van der Waals surface area contributed by atoms with Gasteiger partial charge in [-0.15, -0.1) is 0 Å². The molecule has 1 atom stereocenters. The SMILES string of the molecule is CS(=O)(=O)O[C@@H]1CC2(NC(=O)COc3ccc(Cl)c(F)c3)CCC1(NC(=O)COc1ccc(Cl)c(F)c1)CC2. The minimum absolute atomic E-state index is 0.0759. The number of benzene rings is 2. The lowest BCUT2D eigenvalue weighted by molar-refractivity contribution is -0.135. The van der Waals surface area contributed by atoms with E-state index in [1.54, 1.807) is 0 Å². The Morgan fingerprint density at radius 3 is 1.85 bits per heavy atom. The molecular weight excluding hydrogens is 581 g/mol. The molecule has 2 bridgehead atoms. The van der Waals surface area contributed by atoms with Crippen LogP contribution in [0.3, 0.4) is 0 Å². The quantitative estimate of drug-likeness (QED) is 0.395. The molecule has 0 unspecified atom stereocenters. The molecular formula is C25H26Cl2F2N2O7S. The van der Waals surface area contributed by atoms with Gasteiger partial charge in [0.05, 0.1) is 21.8 Å². The monoisotopic (exact) mass is 606 g/mol. The van der Waals surface area contributed by atoms with Gasteiger partial charge in [0, 0.05) is 24.1 Å². The summed E-state index contributed by atoms with van der Waals surface area (Å²) < 4.78 is 67.5. The van der Waals surface area contributed by atoms with Crippen LogP contribution < -0.4 is 20.1 Å². The van der Waals surface area contributed by atoms with E-state index in [9.17, 15) is 26.8 Å². The Morgan fingerprint density at radius 2 is 1.38 bits per heavy atom. The van der Waals surface area contributed by atoms with Gasteiger partial charge >= 0.3 is 0 Å². The second kappa shape index (κ2) is 11.4. The van der Waals surface area contributed by atoms with Crippen molar-refractivity contribution in [3.8, 4) is 11.5 Å². The molecule has 39 heavy (non-hydrogen) atoms. The van der Waals surface area contributed by atoms with E-state index in [4.69, 9.17) is 36.9 Å². The number of fused-ring (bicyclic) bond motifs is 3. The van der Waals surface area contributed by atoms with Crippen molar-refractivity contribution in [3.05, 3.63) is 58.1 Å². The van der Waals surface area contributed by atoms with Crippen molar-refractivity contribution >= 4 is 45.1 Å². The van der Waals surface area contributed by atoms with Crippen LogP contribution in [-0.4, -0.2) is 56.9 Å². The molecule has 0 saturated heterocycles. The minimum Gasteiger partial charge on any atom is -0.484 e. The number of hydrogen-bond donors (Lipinski definition) is 2. The van der Waals surface area contributed by atoms with Gasteiger partial charge in [-0.05, 0) is 49.9 Å². The molecule has 0 heterocycles.